The maximum Gasteiger partial charge on any atom is 0.108 e. The van der Waals surface area contributed by atoms with Crippen molar-refractivity contribution >= 4 is 0 Å². The second-order valence-corrected chi connectivity index (χ2v) is 2.61. The Morgan fingerprint density at radius 2 is 2.00 bits per heavy atom. The summed E-state index contributed by atoms with van der Waals surface area (Å²) in [4.78, 5) is 3.94. The second kappa shape index (κ2) is 3.22. The van der Waals surface area contributed by atoms with Crippen molar-refractivity contribution in [1.29, 1.82) is 0 Å². The van der Waals surface area contributed by atoms with Crippen LogP contribution in [0.3, 0.4) is 0 Å². The van der Waals surface area contributed by atoms with E-state index in [9.17, 15) is 0 Å². The van der Waals surface area contributed by atoms with Gasteiger partial charge in [-0.15, -0.1) is 0 Å². The first-order valence-electron chi connectivity index (χ1n) is 3.86. The van der Waals surface area contributed by atoms with Crippen LogP contribution in [0.1, 0.15) is 11.3 Å². The predicted octanol–water partition coefficient (Wildman–Crippen LogP) is 2.27. The van der Waals surface area contributed by atoms with Crippen LogP contribution < -0.4 is 0 Å². The molecular weight excluding hydrogens is 150 g/mol. The van der Waals surface area contributed by atoms with Gasteiger partial charge in [-0.05, 0) is 29.8 Å². The van der Waals surface area contributed by atoms with E-state index in [1.54, 1.807) is 18.7 Å². The number of nitrogens with zero attached hydrogens (tertiary/aromatic N) is 1. The van der Waals surface area contributed by atoms with Crippen LogP contribution in [0.5, 0.6) is 0 Å². The Morgan fingerprint density at radius 3 is 2.67 bits per heavy atom. The maximum absolute atomic E-state index is 5.22. The molecule has 0 saturated carbocycles. The number of rotatable bonds is 2. The zero-order valence-corrected chi connectivity index (χ0v) is 6.60. The average molecular weight is 159 g/mol. The Kier molecular flexibility index (Phi) is 1.90. The molecule has 2 aromatic rings. The fourth-order valence-electron chi connectivity index (χ4n) is 1.11. The van der Waals surface area contributed by atoms with Gasteiger partial charge in [0.15, 0.2) is 0 Å². The largest absolute Gasteiger partial charge is 0.469 e. The third-order valence-electron chi connectivity index (χ3n) is 1.71. The van der Waals surface area contributed by atoms with E-state index in [1.165, 1.54) is 5.56 Å². The van der Waals surface area contributed by atoms with Gasteiger partial charge in [-0.3, -0.25) is 4.98 Å². The van der Waals surface area contributed by atoms with Gasteiger partial charge in [0.1, 0.15) is 5.76 Å². The molecule has 0 radical (unpaired) electrons. The molecule has 2 nitrogen and oxygen atoms in total. The Labute approximate surface area is 70.9 Å². The lowest BCUT2D eigenvalue weighted by molar-refractivity contribution is 0.521. The van der Waals surface area contributed by atoms with E-state index in [1.807, 2.05) is 24.3 Å². The van der Waals surface area contributed by atoms with Crippen LogP contribution >= 0.6 is 0 Å². The zero-order chi connectivity index (χ0) is 8.23. The van der Waals surface area contributed by atoms with Crippen molar-refractivity contribution in [3.63, 3.8) is 0 Å². The molecule has 0 aromatic carbocycles. The summed E-state index contributed by atoms with van der Waals surface area (Å²) in [6.45, 7) is 0. The lowest BCUT2D eigenvalue weighted by Crippen LogP contribution is -1.84. The van der Waals surface area contributed by atoms with Crippen molar-refractivity contribution in [1.82, 2.24) is 4.98 Å². The minimum Gasteiger partial charge on any atom is -0.469 e. The van der Waals surface area contributed by atoms with Crippen LogP contribution in [0.15, 0.2) is 47.3 Å². The molecule has 2 aromatic heterocycles. The van der Waals surface area contributed by atoms with E-state index < -0.39 is 0 Å². The Bertz CT molecular complexity index is 326. The van der Waals surface area contributed by atoms with E-state index in [-0.39, 0.29) is 0 Å². The summed E-state index contributed by atoms with van der Waals surface area (Å²) in [6, 6.07) is 7.85. The van der Waals surface area contributed by atoms with E-state index in [4.69, 9.17) is 4.42 Å². The van der Waals surface area contributed by atoms with Gasteiger partial charge in [-0.2, -0.15) is 0 Å². The highest BCUT2D eigenvalue weighted by molar-refractivity contribution is 5.17. The van der Waals surface area contributed by atoms with Crippen molar-refractivity contribution in [2.24, 2.45) is 0 Å². The molecule has 60 valence electrons. The molecule has 0 saturated heterocycles. The normalized spacial score (nSPS) is 10.0. The molecule has 0 aliphatic heterocycles. The molecule has 0 atom stereocenters. The third kappa shape index (κ3) is 1.53. The molecule has 2 heterocycles. The second-order valence-electron chi connectivity index (χ2n) is 2.61. The Morgan fingerprint density at radius 1 is 1.17 bits per heavy atom. The quantitative estimate of drug-likeness (QED) is 0.671. The van der Waals surface area contributed by atoms with Crippen LogP contribution in [-0.4, -0.2) is 4.98 Å². The molecule has 0 unspecified atom stereocenters. The number of hydrogen-bond donors (Lipinski definition) is 0. The van der Waals surface area contributed by atoms with Crippen molar-refractivity contribution < 1.29 is 4.42 Å². The molecule has 0 aliphatic rings. The van der Waals surface area contributed by atoms with E-state index in [2.05, 4.69) is 4.98 Å². The van der Waals surface area contributed by atoms with Crippen LogP contribution in [0.4, 0.5) is 0 Å². The number of furan rings is 1. The molecule has 0 bridgehead atoms. The summed E-state index contributed by atoms with van der Waals surface area (Å²) in [7, 11) is 0. The fraction of sp³-hybridized carbons (Fsp3) is 0.100. The number of pyridine rings is 1. The molecule has 0 spiro atoms. The predicted molar refractivity (Wildman–Crippen MR) is 45.8 cm³/mol. The smallest absolute Gasteiger partial charge is 0.108 e. The van der Waals surface area contributed by atoms with Gasteiger partial charge in [0.05, 0.1) is 6.26 Å². The summed E-state index contributed by atoms with van der Waals surface area (Å²) in [5.41, 5.74) is 1.22. The lowest BCUT2D eigenvalue weighted by atomic mass is 10.2. The summed E-state index contributed by atoms with van der Waals surface area (Å²) < 4.78 is 5.22. The fourth-order valence-corrected chi connectivity index (χ4v) is 1.11. The summed E-state index contributed by atoms with van der Waals surface area (Å²) in [6.07, 6.45) is 6.11. The van der Waals surface area contributed by atoms with E-state index in [0.29, 0.717) is 0 Å². The SMILES string of the molecule is c1coc(Cc2ccncc2)c1. The topological polar surface area (TPSA) is 26.0 Å². The van der Waals surface area contributed by atoms with E-state index >= 15 is 0 Å². The molecule has 0 N–H and O–H groups in total. The molecule has 2 heteroatoms. The van der Waals surface area contributed by atoms with E-state index in [0.717, 1.165) is 12.2 Å². The van der Waals surface area contributed by atoms with Gasteiger partial charge in [0.2, 0.25) is 0 Å². The molecule has 12 heavy (non-hydrogen) atoms. The molecule has 2 rings (SSSR count). The number of hydrogen-bond acceptors (Lipinski definition) is 2. The first-order valence-corrected chi connectivity index (χ1v) is 3.86. The van der Waals surface area contributed by atoms with Gasteiger partial charge >= 0.3 is 0 Å². The van der Waals surface area contributed by atoms with Crippen molar-refractivity contribution in [3.05, 3.63) is 54.2 Å². The first-order chi connectivity index (χ1) is 5.95. The van der Waals surface area contributed by atoms with Gasteiger partial charge in [-0.1, -0.05) is 0 Å². The first kappa shape index (κ1) is 7.10. The van der Waals surface area contributed by atoms with Gasteiger partial charge in [0, 0.05) is 18.8 Å². The highest BCUT2D eigenvalue weighted by atomic mass is 16.3. The van der Waals surface area contributed by atoms with Gasteiger partial charge < -0.3 is 4.42 Å². The molecule has 0 aliphatic carbocycles. The lowest BCUT2D eigenvalue weighted by Gasteiger charge is -1.95. The molecular formula is C10H9NO. The van der Waals surface area contributed by atoms with Crippen molar-refractivity contribution in [2.45, 2.75) is 6.42 Å². The Hall–Kier alpha value is -1.57. The zero-order valence-electron chi connectivity index (χ0n) is 6.60. The minimum atomic E-state index is 0.843. The minimum absolute atomic E-state index is 0.843. The summed E-state index contributed by atoms with van der Waals surface area (Å²) >= 11 is 0. The van der Waals surface area contributed by atoms with Gasteiger partial charge in [-0.25, -0.2) is 0 Å². The highest BCUT2D eigenvalue weighted by Crippen LogP contribution is 2.07. The standard InChI is InChI=1S/C10H9NO/c1-2-10(12-7-1)8-9-3-5-11-6-4-9/h1-7H,8H2. The average Bonchev–Trinajstić information content (AvgIpc) is 2.59. The Balaban J connectivity index is 2.15. The van der Waals surface area contributed by atoms with Crippen LogP contribution in [0.2, 0.25) is 0 Å². The summed E-state index contributed by atoms with van der Waals surface area (Å²) in [5, 5.41) is 0. The molecule has 0 fully saturated rings. The summed E-state index contributed by atoms with van der Waals surface area (Å²) in [5.74, 6) is 0.987. The maximum atomic E-state index is 5.22. The third-order valence-corrected chi connectivity index (χ3v) is 1.71. The highest BCUT2D eigenvalue weighted by Gasteiger charge is 1.96. The van der Waals surface area contributed by atoms with Crippen LogP contribution in [0, 0.1) is 0 Å². The van der Waals surface area contributed by atoms with Crippen LogP contribution in [-0.2, 0) is 6.42 Å². The molecule has 0 amide bonds. The van der Waals surface area contributed by atoms with Crippen molar-refractivity contribution in [3.8, 4) is 0 Å². The van der Waals surface area contributed by atoms with Crippen molar-refractivity contribution in [2.75, 3.05) is 0 Å². The van der Waals surface area contributed by atoms with Gasteiger partial charge in [0.25, 0.3) is 0 Å². The monoisotopic (exact) mass is 159 g/mol. The van der Waals surface area contributed by atoms with Crippen LogP contribution in [0.25, 0.3) is 0 Å². The number of aromatic nitrogens is 1.